The Labute approximate surface area is 206 Å². The van der Waals surface area contributed by atoms with Gasteiger partial charge in [-0.2, -0.15) is 8.78 Å². The van der Waals surface area contributed by atoms with E-state index in [-0.39, 0.29) is 17.0 Å². The van der Waals surface area contributed by atoms with Crippen LogP contribution < -0.4 is 0 Å². The first-order valence-electron chi connectivity index (χ1n) is 11.1. The molecule has 10 nitrogen and oxygen atoms in total. The minimum Gasteiger partial charge on any atom is -0.478 e. The summed E-state index contributed by atoms with van der Waals surface area (Å²) in [5, 5.41) is 29.2. The number of rotatable bonds is 10. The fourth-order valence-electron chi connectivity index (χ4n) is 2.90. The lowest BCUT2D eigenvalue weighted by Gasteiger charge is -2.24. The minimum absolute atomic E-state index is 0.153. The van der Waals surface area contributed by atoms with Crippen LogP contribution in [-0.2, 0) is 0 Å². The number of carboxylic acid groups (broad SMARTS) is 1. The van der Waals surface area contributed by atoms with E-state index in [0.717, 1.165) is 37.1 Å². The predicted octanol–water partition coefficient (Wildman–Crippen LogP) is 5.70. The minimum atomic E-state index is -1.33. The maximum Gasteiger partial charge on any atom is 0.335 e. The maximum atomic E-state index is 13.7. The molecule has 2 aromatic carbocycles. The number of nitro groups is 2. The van der Waals surface area contributed by atoms with Gasteiger partial charge in [0.05, 0.1) is 15.4 Å². The van der Waals surface area contributed by atoms with Gasteiger partial charge in [-0.1, -0.05) is 27.7 Å². The summed E-state index contributed by atoms with van der Waals surface area (Å²) in [6, 6.07) is 5.73. The van der Waals surface area contributed by atoms with Gasteiger partial charge in [0.1, 0.15) is 0 Å². The van der Waals surface area contributed by atoms with Gasteiger partial charge in [0, 0.05) is 30.8 Å². The summed E-state index contributed by atoms with van der Waals surface area (Å²) in [5.41, 5.74) is -1.51. The number of halogens is 2. The Kier molecular flexibility index (Phi) is 11.5. The number of benzene rings is 2. The molecule has 0 aliphatic heterocycles. The molecule has 1 N–H and O–H groups in total. The smallest absolute Gasteiger partial charge is 0.335 e. The van der Waals surface area contributed by atoms with Gasteiger partial charge in [0.15, 0.2) is 0 Å². The molecule has 0 saturated carbocycles. The zero-order chi connectivity index (χ0) is 27.6. The van der Waals surface area contributed by atoms with Gasteiger partial charge < -0.3 is 10.0 Å². The molecule has 12 heteroatoms. The lowest BCUT2D eigenvalue weighted by Crippen LogP contribution is -2.34. The van der Waals surface area contributed by atoms with Crippen LogP contribution in [-0.4, -0.2) is 44.8 Å². The highest BCUT2D eigenvalue weighted by Gasteiger charge is 2.21. The van der Waals surface area contributed by atoms with Crippen molar-refractivity contribution >= 4 is 23.3 Å². The van der Waals surface area contributed by atoms with Crippen LogP contribution in [0.3, 0.4) is 0 Å². The van der Waals surface area contributed by atoms with Crippen molar-refractivity contribution in [2.45, 2.75) is 40.5 Å². The van der Waals surface area contributed by atoms with Crippen molar-refractivity contribution < 1.29 is 33.3 Å². The average molecular weight is 510 g/mol. The van der Waals surface area contributed by atoms with Crippen LogP contribution in [0.25, 0.3) is 0 Å². The van der Waals surface area contributed by atoms with Crippen molar-refractivity contribution in [3.05, 3.63) is 79.4 Å². The van der Waals surface area contributed by atoms with Crippen LogP contribution in [0, 0.1) is 43.7 Å². The number of hydrogen-bond donors (Lipinski definition) is 1. The van der Waals surface area contributed by atoms with Crippen molar-refractivity contribution in [3.8, 4) is 0 Å². The van der Waals surface area contributed by atoms with Gasteiger partial charge in [0.2, 0.25) is 11.6 Å². The molecule has 2 aromatic rings. The zero-order valence-electron chi connectivity index (χ0n) is 20.4. The second-order valence-electron chi connectivity index (χ2n) is 8.81. The first-order chi connectivity index (χ1) is 16.7. The Morgan fingerprint density at radius 1 is 0.833 bits per heavy atom. The monoisotopic (exact) mass is 509 g/mol. The van der Waals surface area contributed by atoms with Gasteiger partial charge in [-0.05, 0) is 48.9 Å². The van der Waals surface area contributed by atoms with Crippen molar-refractivity contribution in [2.24, 2.45) is 11.8 Å². The van der Waals surface area contributed by atoms with Crippen LogP contribution in [0.15, 0.2) is 36.4 Å². The molecule has 0 aliphatic rings. The highest BCUT2D eigenvalue weighted by atomic mass is 19.1. The van der Waals surface area contributed by atoms with Crippen LogP contribution in [0.5, 0.6) is 0 Å². The lowest BCUT2D eigenvalue weighted by atomic mass is 10.1. The van der Waals surface area contributed by atoms with Crippen LogP contribution in [0.1, 0.15) is 61.3 Å². The number of carbonyl (C=O) groups is 2. The number of hydrogen-bond acceptors (Lipinski definition) is 6. The number of nitro benzene ring substituents is 2. The van der Waals surface area contributed by atoms with E-state index in [0.29, 0.717) is 31.0 Å². The molecule has 0 atom stereocenters. The van der Waals surface area contributed by atoms with Crippen LogP contribution >= 0.6 is 0 Å². The predicted molar refractivity (Wildman–Crippen MR) is 128 cm³/mol. The Balaban J connectivity index is 0.000000420. The van der Waals surface area contributed by atoms with Crippen molar-refractivity contribution in [2.75, 3.05) is 13.1 Å². The molecule has 0 bridgehead atoms. The molecule has 36 heavy (non-hydrogen) atoms. The van der Waals surface area contributed by atoms with E-state index in [1.807, 2.05) is 0 Å². The molecule has 196 valence electrons. The van der Waals surface area contributed by atoms with Crippen LogP contribution in [0.4, 0.5) is 20.2 Å². The number of nitrogens with zero attached hydrogens (tertiary/aromatic N) is 3. The van der Waals surface area contributed by atoms with E-state index < -0.39 is 38.8 Å². The molecule has 1 amide bonds. The van der Waals surface area contributed by atoms with E-state index >= 15 is 0 Å². The van der Waals surface area contributed by atoms with E-state index in [1.54, 1.807) is 4.90 Å². The Bertz CT molecular complexity index is 1100. The van der Waals surface area contributed by atoms with E-state index in [9.17, 15) is 38.6 Å². The summed E-state index contributed by atoms with van der Waals surface area (Å²) in [6.45, 7) is 9.52. The van der Waals surface area contributed by atoms with E-state index in [2.05, 4.69) is 27.7 Å². The Hall–Kier alpha value is -3.96. The third-order valence-electron chi connectivity index (χ3n) is 5.02. The summed E-state index contributed by atoms with van der Waals surface area (Å²) in [4.78, 5) is 43.7. The largest absolute Gasteiger partial charge is 0.478 e. The zero-order valence-corrected chi connectivity index (χ0v) is 20.4. The molecule has 0 spiro atoms. The second kappa shape index (κ2) is 13.8. The summed E-state index contributed by atoms with van der Waals surface area (Å²) < 4.78 is 26.5. The standard InChI is InChI=1S/C17H25FN2O3.C7H4FNO4/c1-12(2)7-9-19(10-8-13(3)4)17(21)14-5-6-16(20(22)23)15(18)11-14;8-5-3-4(7(10)11)1-2-6(5)9(12)13/h5-6,11-13H,7-10H2,1-4H3;1-3H,(H,10,11). The average Bonchev–Trinajstić information content (AvgIpc) is 2.78. The fourth-order valence-corrected chi connectivity index (χ4v) is 2.90. The number of carboxylic acids is 1. The highest BCUT2D eigenvalue weighted by Crippen LogP contribution is 2.20. The number of aromatic carboxylic acids is 1. The third-order valence-corrected chi connectivity index (χ3v) is 5.02. The Morgan fingerprint density at radius 2 is 1.22 bits per heavy atom. The topological polar surface area (TPSA) is 144 Å². The summed E-state index contributed by atoms with van der Waals surface area (Å²) in [6.07, 6.45) is 1.72. The number of carbonyl (C=O) groups excluding carboxylic acids is 1. The van der Waals surface area contributed by atoms with Crippen LogP contribution in [0.2, 0.25) is 0 Å². The van der Waals surface area contributed by atoms with Gasteiger partial charge in [-0.25, -0.2) is 4.79 Å². The van der Waals surface area contributed by atoms with Crippen molar-refractivity contribution in [1.29, 1.82) is 0 Å². The van der Waals surface area contributed by atoms with Crippen molar-refractivity contribution in [3.63, 3.8) is 0 Å². The highest BCUT2D eigenvalue weighted by molar-refractivity contribution is 5.94. The summed E-state index contributed by atoms with van der Waals surface area (Å²) in [5.74, 6) is -2.82. The molecule has 0 aliphatic carbocycles. The molecule has 0 unspecified atom stereocenters. The quantitative estimate of drug-likeness (QED) is 0.319. The maximum absolute atomic E-state index is 13.7. The molecule has 0 aromatic heterocycles. The molecule has 0 heterocycles. The second-order valence-corrected chi connectivity index (χ2v) is 8.81. The van der Waals surface area contributed by atoms with E-state index in [4.69, 9.17) is 5.11 Å². The van der Waals surface area contributed by atoms with Crippen molar-refractivity contribution in [1.82, 2.24) is 4.90 Å². The SMILES string of the molecule is CC(C)CCN(CCC(C)C)C(=O)c1ccc([N+](=O)[O-])c(F)c1.O=C(O)c1ccc([N+](=O)[O-])c(F)c1. The molecular weight excluding hydrogens is 480 g/mol. The van der Waals surface area contributed by atoms with Gasteiger partial charge >= 0.3 is 17.3 Å². The van der Waals surface area contributed by atoms with Gasteiger partial charge in [-0.15, -0.1) is 0 Å². The summed E-state index contributed by atoms with van der Waals surface area (Å²) in [7, 11) is 0. The van der Waals surface area contributed by atoms with Gasteiger partial charge in [-0.3, -0.25) is 25.0 Å². The fraction of sp³-hybridized carbons (Fsp3) is 0.417. The van der Waals surface area contributed by atoms with Gasteiger partial charge in [0.25, 0.3) is 5.91 Å². The first-order valence-corrected chi connectivity index (χ1v) is 11.1. The molecular formula is C24H29F2N3O7. The normalized spacial score (nSPS) is 10.6. The molecule has 0 fully saturated rings. The Morgan fingerprint density at radius 3 is 1.56 bits per heavy atom. The molecule has 0 radical (unpaired) electrons. The molecule has 0 saturated heterocycles. The lowest BCUT2D eigenvalue weighted by molar-refractivity contribution is -0.387. The van der Waals surface area contributed by atoms with E-state index in [1.165, 1.54) is 6.07 Å². The first kappa shape index (κ1) is 30.1. The third kappa shape index (κ3) is 9.35. The summed E-state index contributed by atoms with van der Waals surface area (Å²) >= 11 is 0. The molecule has 2 rings (SSSR count). The number of amides is 1.